The van der Waals surface area contributed by atoms with Gasteiger partial charge in [0.25, 0.3) is 0 Å². The lowest BCUT2D eigenvalue weighted by molar-refractivity contribution is 0.584. The summed E-state index contributed by atoms with van der Waals surface area (Å²) in [5.74, 6) is 0.344. The molecule has 0 N–H and O–H groups in total. The Hall–Kier alpha value is -6.12. The largest absolute Gasteiger partial charge is 0.456 e. The summed E-state index contributed by atoms with van der Waals surface area (Å²) in [7, 11) is 0. The van der Waals surface area contributed by atoms with Gasteiger partial charge >= 0.3 is 0 Å². The van der Waals surface area contributed by atoms with Crippen molar-refractivity contribution in [2.24, 2.45) is 5.92 Å². The molecule has 56 heavy (non-hydrogen) atoms. The molecule has 0 amide bonds. The highest BCUT2D eigenvalue weighted by Gasteiger charge is 2.43. The Morgan fingerprint density at radius 1 is 0.607 bits per heavy atom. The normalized spacial score (nSPS) is 16.3. The summed E-state index contributed by atoms with van der Waals surface area (Å²) in [5, 5.41) is 4.75. The summed E-state index contributed by atoms with van der Waals surface area (Å²) < 4.78 is 6.32. The first-order valence-corrected chi connectivity index (χ1v) is 20.1. The van der Waals surface area contributed by atoms with E-state index in [2.05, 4.69) is 198 Å². The standard InChI is InChI=1S/C54H47NO/c1-34-19-29-46-52(43-28-24-39(53(2,3)4)32-47(43)54(46,5)6)51(34)44-16-9-11-17-48(44)55(41-27-30-50-45(33-41)42-15-10-12-18-49(42)56-50)40-25-22-36(23-26-40)38-21-20-35-13-7-8-14-37(35)31-38/h7-18,20-34H,19H2,1-6H3. The smallest absolute Gasteiger partial charge is 0.135 e. The van der Waals surface area contributed by atoms with Gasteiger partial charge in [-0.2, -0.15) is 0 Å². The lowest BCUT2D eigenvalue weighted by Gasteiger charge is -2.33. The molecule has 0 fully saturated rings. The predicted octanol–water partition coefficient (Wildman–Crippen LogP) is 15.3. The van der Waals surface area contributed by atoms with Crippen molar-refractivity contribution in [3.63, 3.8) is 0 Å². The van der Waals surface area contributed by atoms with E-state index in [0.29, 0.717) is 5.92 Å². The Morgan fingerprint density at radius 2 is 1.30 bits per heavy atom. The minimum absolute atomic E-state index is 0.0795. The topological polar surface area (TPSA) is 16.4 Å². The maximum atomic E-state index is 6.32. The first kappa shape index (κ1) is 34.4. The Bertz CT molecular complexity index is 2910. The van der Waals surface area contributed by atoms with Crippen molar-refractivity contribution in [1.82, 2.24) is 0 Å². The fourth-order valence-corrected chi connectivity index (χ4v) is 9.40. The Kier molecular flexibility index (Phi) is 7.80. The zero-order valence-corrected chi connectivity index (χ0v) is 33.2. The second kappa shape index (κ2) is 12.7. The number of anilines is 3. The van der Waals surface area contributed by atoms with E-state index in [0.717, 1.165) is 39.7 Å². The van der Waals surface area contributed by atoms with Gasteiger partial charge in [0.15, 0.2) is 0 Å². The van der Waals surface area contributed by atoms with Gasteiger partial charge in [-0.3, -0.25) is 0 Å². The van der Waals surface area contributed by atoms with Crippen molar-refractivity contribution in [3.8, 4) is 11.1 Å². The van der Waals surface area contributed by atoms with Crippen LogP contribution in [-0.4, -0.2) is 0 Å². The molecule has 1 heterocycles. The number of rotatable bonds is 5. The Labute approximate surface area is 330 Å². The summed E-state index contributed by atoms with van der Waals surface area (Å²) in [6.07, 6.45) is 3.55. The van der Waals surface area contributed by atoms with Gasteiger partial charge in [0.2, 0.25) is 0 Å². The van der Waals surface area contributed by atoms with Gasteiger partial charge in [-0.15, -0.1) is 0 Å². The number of para-hydroxylation sites is 2. The molecule has 0 bridgehead atoms. The molecule has 1 aromatic heterocycles. The zero-order chi connectivity index (χ0) is 38.3. The van der Waals surface area contributed by atoms with Gasteiger partial charge in [0.1, 0.15) is 11.2 Å². The van der Waals surface area contributed by atoms with Crippen molar-refractivity contribution in [2.45, 2.75) is 58.8 Å². The van der Waals surface area contributed by atoms with Gasteiger partial charge in [0.05, 0.1) is 5.69 Å². The summed E-state index contributed by atoms with van der Waals surface area (Å²) in [4.78, 5) is 2.46. The van der Waals surface area contributed by atoms with Gasteiger partial charge < -0.3 is 9.32 Å². The predicted molar refractivity (Wildman–Crippen MR) is 238 cm³/mol. The van der Waals surface area contributed by atoms with Crippen molar-refractivity contribution < 1.29 is 4.42 Å². The van der Waals surface area contributed by atoms with E-state index in [1.807, 2.05) is 6.07 Å². The van der Waals surface area contributed by atoms with Crippen LogP contribution in [0.1, 0.15) is 70.2 Å². The lowest BCUT2D eigenvalue weighted by atomic mass is 9.74. The van der Waals surface area contributed by atoms with Crippen LogP contribution in [0, 0.1) is 5.92 Å². The molecule has 0 spiro atoms. The van der Waals surface area contributed by atoms with E-state index < -0.39 is 0 Å². The Balaban J connectivity index is 1.18. The molecule has 0 radical (unpaired) electrons. The highest BCUT2D eigenvalue weighted by atomic mass is 16.3. The van der Waals surface area contributed by atoms with E-state index in [1.54, 1.807) is 0 Å². The fourth-order valence-electron chi connectivity index (χ4n) is 9.40. The van der Waals surface area contributed by atoms with Crippen LogP contribution in [0.3, 0.4) is 0 Å². The number of hydrogen-bond acceptors (Lipinski definition) is 2. The third kappa shape index (κ3) is 5.46. The second-order valence-corrected chi connectivity index (χ2v) is 17.4. The van der Waals surface area contributed by atoms with Crippen molar-refractivity contribution in [1.29, 1.82) is 0 Å². The number of benzene rings is 7. The summed E-state index contributed by atoms with van der Waals surface area (Å²) in [5.41, 5.74) is 17.4. The molecule has 2 heteroatoms. The molecule has 1 atom stereocenters. The molecule has 10 rings (SSSR count). The molecular weight excluding hydrogens is 679 g/mol. The van der Waals surface area contributed by atoms with Crippen LogP contribution in [0.2, 0.25) is 0 Å². The van der Waals surface area contributed by atoms with Gasteiger partial charge in [-0.05, 0) is 122 Å². The zero-order valence-electron chi connectivity index (χ0n) is 33.2. The highest BCUT2D eigenvalue weighted by Crippen LogP contribution is 2.58. The van der Waals surface area contributed by atoms with Crippen LogP contribution in [0.4, 0.5) is 17.1 Å². The van der Waals surface area contributed by atoms with Crippen molar-refractivity contribution in [3.05, 3.63) is 186 Å². The van der Waals surface area contributed by atoms with E-state index in [-0.39, 0.29) is 10.8 Å². The average molecular weight is 726 g/mol. The number of hydrogen-bond donors (Lipinski definition) is 0. The lowest BCUT2D eigenvalue weighted by Crippen LogP contribution is -2.19. The molecule has 8 aromatic rings. The molecule has 0 saturated heterocycles. The average Bonchev–Trinajstić information content (AvgIpc) is 3.69. The van der Waals surface area contributed by atoms with E-state index >= 15 is 0 Å². The van der Waals surface area contributed by atoms with Crippen LogP contribution in [-0.2, 0) is 10.8 Å². The number of fused-ring (bicyclic) bond motifs is 7. The second-order valence-electron chi connectivity index (χ2n) is 17.4. The third-order valence-electron chi connectivity index (χ3n) is 12.5. The molecule has 0 aliphatic heterocycles. The summed E-state index contributed by atoms with van der Waals surface area (Å²) in [6, 6.07) is 55.8. The van der Waals surface area contributed by atoms with Crippen LogP contribution in [0.25, 0.3) is 55.0 Å². The minimum atomic E-state index is -0.0854. The van der Waals surface area contributed by atoms with Gasteiger partial charge in [-0.1, -0.05) is 151 Å². The summed E-state index contributed by atoms with van der Waals surface area (Å²) >= 11 is 0. The van der Waals surface area contributed by atoms with Gasteiger partial charge in [-0.25, -0.2) is 0 Å². The molecule has 2 aliphatic carbocycles. The van der Waals surface area contributed by atoms with Crippen LogP contribution in [0.5, 0.6) is 0 Å². The maximum Gasteiger partial charge on any atom is 0.135 e. The van der Waals surface area contributed by atoms with Crippen LogP contribution >= 0.6 is 0 Å². The molecule has 2 aliphatic rings. The molecule has 7 aromatic carbocycles. The number of furan rings is 1. The van der Waals surface area contributed by atoms with E-state index in [1.165, 1.54) is 66.6 Å². The Morgan fingerprint density at radius 3 is 2.12 bits per heavy atom. The van der Waals surface area contributed by atoms with Crippen molar-refractivity contribution in [2.75, 3.05) is 4.90 Å². The molecule has 1 unspecified atom stereocenters. The minimum Gasteiger partial charge on any atom is -0.456 e. The monoisotopic (exact) mass is 725 g/mol. The quantitative estimate of drug-likeness (QED) is 0.176. The third-order valence-corrected chi connectivity index (χ3v) is 12.5. The van der Waals surface area contributed by atoms with Crippen LogP contribution in [0.15, 0.2) is 168 Å². The molecule has 0 saturated carbocycles. The van der Waals surface area contributed by atoms with Gasteiger partial charge in [0, 0.05) is 33.1 Å². The van der Waals surface area contributed by atoms with E-state index in [9.17, 15) is 0 Å². The maximum absolute atomic E-state index is 6.32. The van der Waals surface area contributed by atoms with Crippen LogP contribution < -0.4 is 4.90 Å². The SMILES string of the molecule is CC1CC=C2C(=C1c1ccccc1N(c1ccc(-c3ccc4ccccc4c3)cc1)c1ccc3oc4ccccc4c3c1)c1ccc(C(C)(C)C)cc1C2(C)C. The molecular formula is C54H47NO. The first-order chi connectivity index (χ1) is 27.1. The summed E-state index contributed by atoms with van der Waals surface area (Å²) in [6.45, 7) is 14.2. The molecule has 274 valence electrons. The molecule has 2 nitrogen and oxygen atoms in total. The first-order valence-electron chi connectivity index (χ1n) is 20.1. The number of allylic oxidation sites excluding steroid dienone is 4. The highest BCUT2D eigenvalue weighted by molar-refractivity contribution is 6.09. The number of nitrogens with zero attached hydrogens (tertiary/aromatic N) is 1. The fraction of sp³-hybridized carbons (Fsp3) is 0.185. The van der Waals surface area contributed by atoms with Crippen molar-refractivity contribution >= 4 is 60.9 Å². The van der Waals surface area contributed by atoms with E-state index in [4.69, 9.17) is 4.42 Å².